The number of nitrogens with one attached hydrogen (secondary N) is 1. The lowest BCUT2D eigenvalue weighted by atomic mass is 9.99. The fourth-order valence-corrected chi connectivity index (χ4v) is 2.98. The molecule has 1 aliphatic rings. The maximum absolute atomic E-state index is 3.61. The van der Waals surface area contributed by atoms with Crippen LogP contribution in [0.5, 0.6) is 0 Å². The van der Waals surface area contributed by atoms with E-state index in [0.29, 0.717) is 11.6 Å². The van der Waals surface area contributed by atoms with Crippen LogP contribution in [-0.4, -0.2) is 48.1 Å². The number of rotatable bonds is 7. The van der Waals surface area contributed by atoms with E-state index in [4.69, 9.17) is 0 Å². The van der Waals surface area contributed by atoms with Gasteiger partial charge in [0.05, 0.1) is 0 Å². The lowest BCUT2D eigenvalue weighted by Gasteiger charge is -2.43. The Balaban J connectivity index is 2.12. The van der Waals surface area contributed by atoms with Crippen molar-refractivity contribution in [1.29, 1.82) is 0 Å². The molecular formula is C14H30N2S. The molecule has 1 saturated heterocycles. The fraction of sp³-hybridized carbons (Fsp3) is 1.00. The van der Waals surface area contributed by atoms with E-state index in [1.54, 1.807) is 0 Å². The van der Waals surface area contributed by atoms with Crippen LogP contribution in [0.25, 0.3) is 0 Å². The summed E-state index contributed by atoms with van der Waals surface area (Å²) in [5.41, 5.74) is 0.297. The maximum Gasteiger partial charge on any atom is 0.0252 e. The lowest BCUT2D eigenvalue weighted by Crippen LogP contribution is -2.60. The Morgan fingerprint density at radius 1 is 1.24 bits per heavy atom. The van der Waals surface area contributed by atoms with Crippen LogP contribution in [0, 0.1) is 0 Å². The number of nitrogens with zero attached hydrogens (tertiary/aromatic N) is 1. The van der Waals surface area contributed by atoms with Crippen LogP contribution in [0.15, 0.2) is 0 Å². The Labute approximate surface area is 112 Å². The van der Waals surface area contributed by atoms with E-state index in [1.165, 1.54) is 44.5 Å². The molecule has 17 heavy (non-hydrogen) atoms. The second kappa shape index (κ2) is 7.65. The van der Waals surface area contributed by atoms with E-state index < -0.39 is 0 Å². The first kappa shape index (κ1) is 15.3. The lowest BCUT2D eigenvalue weighted by molar-refractivity contribution is 0.103. The molecule has 1 unspecified atom stereocenters. The molecule has 2 nitrogen and oxygen atoms in total. The molecule has 1 atom stereocenters. The van der Waals surface area contributed by atoms with Crippen LogP contribution in [-0.2, 0) is 0 Å². The summed E-state index contributed by atoms with van der Waals surface area (Å²) in [6.45, 7) is 10.6. The minimum Gasteiger partial charge on any atom is -0.309 e. The van der Waals surface area contributed by atoms with Gasteiger partial charge in [-0.1, -0.05) is 12.8 Å². The van der Waals surface area contributed by atoms with Crippen molar-refractivity contribution >= 4 is 11.8 Å². The SMILES string of the molecule is CSCCCCCCN1CC(C)(C)NCC1C. The number of hydrogen-bond donors (Lipinski definition) is 1. The zero-order chi connectivity index (χ0) is 12.7. The normalized spacial score (nSPS) is 25.1. The molecule has 0 amide bonds. The summed E-state index contributed by atoms with van der Waals surface area (Å²) < 4.78 is 0. The third kappa shape index (κ3) is 6.12. The summed E-state index contributed by atoms with van der Waals surface area (Å²) in [5.74, 6) is 1.33. The predicted molar refractivity (Wildman–Crippen MR) is 80.0 cm³/mol. The van der Waals surface area contributed by atoms with Crippen LogP contribution >= 0.6 is 11.8 Å². The average molecular weight is 258 g/mol. The molecule has 1 rings (SSSR count). The second-order valence-electron chi connectivity index (χ2n) is 5.99. The molecule has 1 heterocycles. The largest absolute Gasteiger partial charge is 0.309 e. The van der Waals surface area contributed by atoms with Gasteiger partial charge in [0.25, 0.3) is 0 Å². The van der Waals surface area contributed by atoms with Gasteiger partial charge in [0, 0.05) is 24.7 Å². The molecule has 0 aromatic rings. The second-order valence-corrected chi connectivity index (χ2v) is 6.98. The topological polar surface area (TPSA) is 15.3 Å². The molecule has 0 radical (unpaired) electrons. The summed E-state index contributed by atoms with van der Waals surface area (Å²) in [5, 5.41) is 3.61. The van der Waals surface area contributed by atoms with E-state index in [-0.39, 0.29) is 0 Å². The van der Waals surface area contributed by atoms with Crippen LogP contribution in [0.3, 0.4) is 0 Å². The summed E-state index contributed by atoms with van der Waals surface area (Å²) >= 11 is 1.97. The van der Waals surface area contributed by atoms with Crippen molar-refractivity contribution in [3.8, 4) is 0 Å². The Bertz CT molecular complexity index is 206. The quantitative estimate of drug-likeness (QED) is 0.707. The number of thioether (sulfide) groups is 1. The van der Waals surface area contributed by atoms with Gasteiger partial charge in [0.2, 0.25) is 0 Å². The van der Waals surface area contributed by atoms with Gasteiger partial charge in [-0.15, -0.1) is 0 Å². The van der Waals surface area contributed by atoms with Crippen LogP contribution in [0.4, 0.5) is 0 Å². The molecule has 1 aliphatic heterocycles. The van der Waals surface area contributed by atoms with Crippen molar-refractivity contribution < 1.29 is 0 Å². The monoisotopic (exact) mass is 258 g/mol. The Morgan fingerprint density at radius 3 is 2.65 bits per heavy atom. The predicted octanol–water partition coefficient (Wildman–Crippen LogP) is 2.98. The molecule has 0 aromatic carbocycles. The number of hydrogen-bond acceptors (Lipinski definition) is 3. The van der Waals surface area contributed by atoms with Gasteiger partial charge in [0.1, 0.15) is 0 Å². The first-order valence-corrected chi connectivity index (χ1v) is 8.42. The van der Waals surface area contributed by atoms with Gasteiger partial charge < -0.3 is 5.32 Å². The highest BCUT2D eigenvalue weighted by atomic mass is 32.2. The van der Waals surface area contributed by atoms with Gasteiger partial charge in [0.15, 0.2) is 0 Å². The van der Waals surface area contributed by atoms with Crippen LogP contribution < -0.4 is 5.32 Å². The van der Waals surface area contributed by atoms with Gasteiger partial charge in [-0.25, -0.2) is 0 Å². The highest BCUT2D eigenvalue weighted by Gasteiger charge is 2.29. The van der Waals surface area contributed by atoms with Gasteiger partial charge in [-0.2, -0.15) is 11.8 Å². The smallest absolute Gasteiger partial charge is 0.0252 e. The zero-order valence-electron chi connectivity index (χ0n) is 12.1. The standard InChI is InChI=1S/C14H30N2S/c1-13-11-15-14(2,3)12-16(13)9-7-5-6-8-10-17-4/h13,15H,5-12H2,1-4H3. The zero-order valence-corrected chi connectivity index (χ0v) is 12.9. The molecule has 0 bridgehead atoms. The van der Waals surface area contributed by atoms with Crippen LogP contribution in [0.2, 0.25) is 0 Å². The molecule has 1 fully saturated rings. The van der Waals surface area contributed by atoms with Crippen LogP contribution in [0.1, 0.15) is 46.5 Å². The van der Waals surface area contributed by atoms with Crippen molar-refractivity contribution in [3.63, 3.8) is 0 Å². The first-order valence-electron chi connectivity index (χ1n) is 7.03. The summed E-state index contributed by atoms with van der Waals surface area (Å²) in [4.78, 5) is 2.66. The minimum absolute atomic E-state index is 0.297. The first-order chi connectivity index (χ1) is 8.05. The van der Waals surface area contributed by atoms with Crippen molar-refractivity contribution in [2.45, 2.75) is 58.0 Å². The third-order valence-corrected chi connectivity index (χ3v) is 4.34. The van der Waals surface area contributed by atoms with Crippen molar-refractivity contribution in [2.24, 2.45) is 0 Å². The molecule has 0 spiro atoms. The summed E-state index contributed by atoms with van der Waals surface area (Å²) in [6, 6.07) is 0.703. The fourth-order valence-electron chi connectivity index (χ4n) is 2.49. The van der Waals surface area contributed by atoms with E-state index in [0.717, 1.165) is 6.54 Å². The highest BCUT2D eigenvalue weighted by molar-refractivity contribution is 7.98. The molecule has 3 heteroatoms. The van der Waals surface area contributed by atoms with Gasteiger partial charge in [-0.3, -0.25) is 4.90 Å². The van der Waals surface area contributed by atoms with E-state index in [1.807, 2.05) is 11.8 Å². The maximum atomic E-state index is 3.61. The van der Waals surface area contributed by atoms with E-state index in [9.17, 15) is 0 Å². The van der Waals surface area contributed by atoms with Gasteiger partial charge in [-0.05, 0) is 52.2 Å². The van der Waals surface area contributed by atoms with E-state index in [2.05, 4.69) is 37.2 Å². The molecule has 102 valence electrons. The number of unbranched alkanes of at least 4 members (excludes halogenated alkanes) is 3. The van der Waals surface area contributed by atoms with E-state index >= 15 is 0 Å². The number of piperazine rings is 1. The Kier molecular flexibility index (Phi) is 6.90. The highest BCUT2D eigenvalue weighted by Crippen LogP contribution is 2.16. The summed E-state index contributed by atoms with van der Waals surface area (Å²) in [7, 11) is 0. The van der Waals surface area contributed by atoms with Gasteiger partial charge >= 0.3 is 0 Å². The third-order valence-electron chi connectivity index (χ3n) is 3.64. The van der Waals surface area contributed by atoms with Crippen molar-refractivity contribution in [1.82, 2.24) is 10.2 Å². The molecular weight excluding hydrogens is 228 g/mol. The summed E-state index contributed by atoms with van der Waals surface area (Å²) in [6.07, 6.45) is 7.77. The molecule has 0 saturated carbocycles. The Morgan fingerprint density at radius 2 is 1.94 bits per heavy atom. The van der Waals surface area contributed by atoms with Crippen molar-refractivity contribution in [2.75, 3.05) is 31.6 Å². The average Bonchev–Trinajstić information content (AvgIpc) is 2.28. The minimum atomic E-state index is 0.297. The molecule has 0 aromatic heterocycles. The molecule has 1 N–H and O–H groups in total. The molecule has 0 aliphatic carbocycles. The van der Waals surface area contributed by atoms with Crippen molar-refractivity contribution in [3.05, 3.63) is 0 Å². The Hall–Kier alpha value is 0.270.